The molecule has 0 aliphatic rings. The third kappa shape index (κ3) is 8.81. The van der Waals surface area contributed by atoms with Gasteiger partial charge in [-0.15, -0.1) is 0 Å². The van der Waals surface area contributed by atoms with E-state index in [-0.39, 0.29) is 18.8 Å². The molecule has 0 aromatic carbocycles. The van der Waals surface area contributed by atoms with Gasteiger partial charge in [0.05, 0.1) is 12.2 Å². The second kappa shape index (κ2) is 9.09. The van der Waals surface area contributed by atoms with E-state index in [1.165, 1.54) is 0 Å². The van der Waals surface area contributed by atoms with Gasteiger partial charge in [0.2, 0.25) is 0 Å². The van der Waals surface area contributed by atoms with E-state index in [1.54, 1.807) is 6.92 Å². The highest BCUT2D eigenvalue weighted by Gasteiger charge is 2.09. The van der Waals surface area contributed by atoms with Crippen molar-refractivity contribution in [2.75, 3.05) is 26.2 Å². The number of hydrogen-bond donors (Lipinski definition) is 3. The zero-order chi connectivity index (χ0) is 11.7. The molecule has 2 unspecified atom stereocenters. The summed E-state index contributed by atoms with van der Waals surface area (Å²) in [5, 5.41) is 27.4. The van der Waals surface area contributed by atoms with Crippen LogP contribution < -0.4 is 0 Å². The Morgan fingerprint density at radius 3 is 2.33 bits per heavy atom. The molecule has 0 fully saturated rings. The molecule has 0 bridgehead atoms. The lowest BCUT2D eigenvalue weighted by atomic mass is 10.1. The molecule has 0 aliphatic carbocycles. The largest absolute Gasteiger partial charge is 0.396 e. The van der Waals surface area contributed by atoms with Gasteiger partial charge in [-0.05, 0) is 32.7 Å². The van der Waals surface area contributed by atoms with Crippen molar-refractivity contribution in [1.29, 1.82) is 0 Å². The van der Waals surface area contributed by atoms with Crippen LogP contribution in [0, 0.1) is 0 Å². The van der Waals surface area contributed by atoms with Crippen LogP contribution in [0.1, 0.15) is 33.1 Å². The van der Waals surface area contributed by atoms with Crippen LogP contribution in [0.15, 0.2) is 0 Å². The number of likely N-dealkylation sites (N-methyl/N-ethyl adjacent to an activating group) is 1. The second-order valence-corrected chi connectivity index (χ2v) is 4.05. The Bertz CT molecular complexity index is 142. The smallest absolute Gasteiger partial charge is 0.0639 e. The fraction of sp³-hybridized carbons (Fsp3) is 1.00. The number of aliphatic hydroxyl groups excluding tert-OH is 3. The van der Waals surface area contributed by atoms with Gasteiger partial charge in [0, 0.05) is 19.7 Å². The molecule has 0 aromatic rings. The molecule has 0 radical (unpaired) electrons. The molecule has 0 spiro atoms. The molecule has 0 aliphatic heterocycles. The summed E-state index contributed by atoms with van der Waals surface area (Å²) in [5.74, 6) is 0. The summed E-state index contributed by atoms with van der Waals surface area (Å²) in [6.45, 7) is 6.30. The highest BCUT2D eigenvalue weighted by Crippen LogP contribution is 2.03. The van der Waals surface area contributed by atoms with Crippen LogP contribution in [0.5, 0.6) is 0 Å². The van der Waals surface area contributed by atoms with Gasteiger partial charge in [0.25, 0.3) is 0 Å². The minimum Gasteiger partial charge on any atom is -0.396 e. The Morgan fingerprint density at radius 1 is 1.20 bits per heavy atom. The summed E-state index contributed by atoms with van der Waals surface area (Å²) in [6, 6.07) is 0. The quantitative estimate of drug-likeness (QED) is 0.519. The van der Waals surface area contributed by atoms with Gasteiger partial charge in [-0.2, -0.15) is 0 Å². The summed E-state index contributed by atoms with van der Waals surface area (Å²) in [6.07, 6.45) is 1.37. The lowest BCUT2D eigenvalue weighted by Crippen LogP contribution is -2.33. The van der Waals surface area contributed by atoms with E-state index in [0.717, 1.165) is 13.1 Å². The van der Waals surface area contributed by atoms with Gasteiger partial charge in [-0.1, -0.05) is 6.92 Å². The fourth-order valence-electron chi connectivity index (χ4n) is 1.56. The molecule has 0 saturated carbocycles. The lowest BCUT2D eigenvalue weighted by Gasteiger charge is -2.23. The van der Waals surface area contributed by atoms with Crippen molar-refractivity contribution in [2.45, 2.75) is 45.3 Å². The molecule has 92 valence electrons. The molecule has 0 rings (SSSR count). The van der Waals surface area contributed by atoms with Crippen molar-refractivity contribution in [3.8, 4) is 0 Å². The fourth-order valence-corrected chi connectivity index (χ4v) is 1.56. The number of hydrogen-bond acceptors (Lipinski definition) is 4. The zero-order valence-electron chi connectivity index (χ0n) is 9.89. The van der Waals surface area contributed by atoms with Crippen LogP contribution in [0.2, 0.25) is 0 Å². The van der Waals surface area contributed by atoms with Gasteiger partial charge in [-0.25, -0.2) is 0 Å². The molecule has 0 saturated heterocycles. The SMILES string of the molecule is CCN(CCC(O)CCCO)CC(C)O. The molecule has 4 heteroatoms. The first-order valence-electron chi connectivity index (χ1n) is 5.79. The molecule has 4 nitrogen and oxygen atoms in total. The highest BCUT2D eigenvalue weighted by atomic mass is 16.3. The first-order chi connectivity index (χ1) is 7.10. The van der Waals surface area contributed by atoms with E-state index < -0.39 is 0 Å². The van der Waals surface area contributed by atoms with Crippen LogP contribution in [-0.2, 0) is 0 Å². The van der Waals surface area contributed by atoms with Crippen LogP contribution >= 0.6 is 0 Å². The van der Waals surface area contributed by atoms with E-state index >= 15 is 0 Å². The minimum absolute atomic E-state index is 0.141. The lowest BCUT2D eigenvalue weighted by molar-refractivity contribution is 0.0980. The van der Waals surface area contributed by atoms with Gasteiger partial charge in [0.1, 0.15) is 0 Å². The van der Waals surface area contributed by atoms with Gasteiger partial charge >= 0.3 is 0 Å². The van der Waals surface area contributed by atoms with Crippen molar-refractivity contribution < 1.29 is 15.3 Å². The summed E-state index contributed by atoms with van der Waals surface area (Å²) < 4.78 is 0. The zero-order valence-corrected chi connectivity index (χ0v) is 9.89. The topological polar surface area (TPSA) is 63.9 Å². The van der Waals surface area contributed by atoms with Crippen molar-refractivity contribution in [3.63, 3.8) is 0 Å². The molecule has 2 atom stereocenters. The van der Waals surface area contributed by atoms with Gasteiger partial charge in [0.15, 0.2) is 0 Å². The molecule has 0 heterocycles. The van der Waals surface area contributed by atoms with Crippen LogP contribution in [0.3, 0.4) is 0 Å². The van der Waals surface area contributed by atoms with Crippen molar-refractivity contribution >= 4 is 0 Å². The van der Waals surface area contributed by atoms with E-state index in [2.05, 4.69) is 4.90 Å². The normalized spacial score (nSPS) is 15.6. The average molecular weight is 219 g/mol. The third-order valence-electron chi connectivity index (χ3n) is 2.44. The second-order valence-electron chi connectivity index (χ2n) is 4.05. The summed E-state index contributed by atoms with van der Waals surface area (Å²) >= 11 is 0. The number of aliphatic hydroxyl groups is 3. The highest BCUT2D eigenvalue weighted by molar-refractivity contribution is 4.63. The summed E-state index contributed by atoms with van der Waals surface area (Å²) in [4.78, 5) is 2.12. The summed E-state index contributed by atoms with van der Waals surface area (Å²) in [7, 11) is 0. The number of nitrogens with zero attached hydrogens (tertiary/aromatic N) is 1. The van der Waals surface area contributed by atoms with Crippen molar-refractivity contribution in [2.24, 2.45) is 0 Å². The Kier molecular flexibility index (Phi) is 9.00. The van der Waals surface area contributed by atoms with E-state index in [0.29, 0.717) is 25.8 Å². The Balaban J connectivity index is 3.60. The van der Waals surface area contributed by atoms with Crippen molar-refractivity contribution in [3.05, 3.63) is 0 Å². The number of rotatable bonds is 9. The predicted molar refractivity (Wildman–Crippen MR) is 60.7 cm³/mol. The molecule has 15 heavy (non-hydrogen) atoms. The van der Waals surface area contributed by atoms with E-state index in [9.17, 15) is 10.2 Å². The standard InChI is InChI=1S/C11H25NO3/c1-3-12(9-10(2)14)7-6-11(15)5-4-8-13/h10-11,13-15H,3-9H2,1-2H3. The average Bonchev–Trinajstić information content (AvgIpc) is 2.20. The Labute approximate surface area is 92.5 Å². The van der Waals surface area contributed by atoms with Crippen LogP contribution in [0.25, 0.3) is 0 Å². The molecular weight excluding hydrogens is 194 g/mol. The predicted octanol–water partition coefficient (Wildman–Crippen LogP) is 0.213. The Hall–Kier alpha value is -0.160. The first-order valence-corrected chi connectivity index (χ1v) is 5.79. The van der Waals surface area contributed by atoms with E-state index in [1.807, 2.05) is 6.92 Å². The maximum Gasteiger partial charge on any atom is 0.0639 e. The van der Waals surface area contributed by atoms with Crippen LogP contribution in [0.4, 0.5) is 0 Å². The molecule has 0 amide bonds. The maximum atomic E-state index is 9.56. The third-order valence-corrected chi connectivity index (χ3v) is 2.44. The Morgan fingerprint density at radius 2 is 1.87 bits per heavy atom. The minimum atomic E-state index is -0.333. The summed E-state index contributed by atoms with van der Waals surface area (Å²) in [5.41, 5.74) is 0. The molecule has 3 N–H and O–H groups in total. The van der Waals surface area contributed by atoms with Crippen molar-refractivity contribution in [1.82, 2.24) is 4.90 Å². The molecular formula is C11H25NO3. The van der Waals surface area contributed by atoms with Crippen LogP contribution in [-0.4, -0.2) is 58.7 Å². The van der Waals surface area contributed by atoms with Gasteiger partial charge < -0.3 is 20.2 Å². The maximum absolute atomic E-state index is 9.56. The first kappa shape index (κ1) is 14.8. The van der Waals surface area contributed by atoms with Gasteiger partial charge in [-0.3, -0.25) is 0 Å². The van der Waals surface area contributed by atoms with E-state index in [4.69, 9.17) is 5.11 Å². The molecule has 0 aromatic heterocycles. The monoisotopic (exact) mass is 219 g/mol.